The van der Waals surface area contributed by atoms with E-state index >= 15 is 0 Å². The minimum atomic E-state index is 0.0533. The Labute approximate surface area is 204 Å². The zero-order valence-corrected chi connectivity index (χ0v) is 19.9. The van der Waals surface area contributed by atoms with Crippen molar-refractivity contribution in [2.45, 2.75) is 18.8 Å². The van der Waals surface area contributed by atoms with Crippen LogP contribution in [0.25, 0.3) is 5.69 Å². The molecule has 8 heteroatoms. The molecule has 33 heavy (non-hydrogen) atoms. The van der Waals surface area contributed by atoms with Crippen LogP contribution in [-0.4, -0.2) is 59.9 Å². The van der Waals surface area contributed by atoms with Gasteiger partial charge in [0, 0.05) is 42.8 Å². The van der Waals surface area contributed by atoms with Gasteiger partial charge in [0.1, 0.15) is 0 Å². The molecule has 2 aromatic carbocycles. The van der Waals surface area contributed by atoms with E-state index in [4.69, 9.17) is 23.2 Å². The number of carbonyl (C=O) groups is 1. The first-order chi connectivity index (χ1) is 16.1. The first-order valence-corrected chi connectivity index (χ1v) is 12.2. The van der Waals surface area contributed by atoms with E-state index in [0.29, 0.717) is 23.7 Å². The number of hydrogen-bond donors (Lipinski definition) is 1. The first-order valence-electron chi connectivity index (χ1n) is 11.4. The van der Waals surface area contributed by atoms with Gasteiger partial charge >= 0.3 is 0 Å². The Hall–Kier alpha value is -2.54. The summed E-state index contributed by atoms with van der Waals surface area (Å²) < 4.78 is 1.88. The highest BCUT2D eigenvalue weighted by molar-refractivity contribution is 6.32. The third-order valence-corrected chi connectivity index (χ3v) is 7.17. The molecule has 1 N–H and O–H groups in total. The van der Waals surface area contributed by atoms with E-state index in [-0.39, 0.29) is 11.8 Å². The lowest BCUT2D eigenvalue weighted by Gasteiger charge is -2.36. The summed E-state index contributed by atoms with van der Waals surface area (Å²) >= 11 is 12.5. The molecule has 0 radical (unpaired) electrons. The number of piperazine rings is 1. The Balaban J connectivity index is 1.40. The van der Waals surface area contributed by atoms with Gasteiger partial charge in [-0.15, -0.1) is 0 Å². The highest BCUT2D eigenvalue weighted by Gasteiger charge is 2.31. The molecular weight excluding hydrogens is 457 g/mol. The quantitative estimate of drug-likeness (QED) is 0.588. The molecule has 0 spiro atoms. The van der Waals surface area contributed by atoms with Crippen molar-refractivity contribution in [3.8, 4) is 5.69 Å². The van der Waals surface area contributed by atoms with E-state index in [9.17, 15) is 4.79 Å². The van der Waals surface area contributed by atoms with Crippen LogP contribution in [0.3, 0.4) is 0 Å². The normalized spacial score (nSPS) is 17.4. The van der Waals surface area contributed by atoms with Gasteiger partial charge in [0.05, 0.1) is 28.2 Å². The van der Waals surface area contributed by atoms with Crippen LogP contribution in [0.1, 0.15) is 34.8 Å². The van der Waals surface area contributed by atoms with E-state index in [0.717, 1.165) is 61.1 Å². The third kappa shape index (κ3) is 4.60. The largest absolute Gasteiger partial charge is 0.368 e. The van der Waals surface area contributed by atoms with Crippen LogP contribution in [0.15, 0.2) is 54.7 Å². The van der Waals surface area contributed by atoms with Crippen LogP contribution in [0.2, 0.25) is 10.0 Å². The standard InChI is InChI=1S/C25H27Cl2N5O/c26-19-5-7-20(8-6-19)30-13-15-31(16-14-30)25(33)21-17-29-32(23-4-2-1-3-22(23)27)24(21)18-9-11-28-12-10-18/h1-8,17-18,28H,9-16H2. The molecule has 2 saturated heterocycles. The number of halogens is 2. The number of nitrogens with zero attached hydrogens (tertiary/aromatic N) is 4. The number of hydrogen-bond acceptors (Lipinski definition) is 4. The molecule has 1 amide bonds. The zero-order valence-electron chi connectivity index (χ0n) is 18.4. The number of aromatic nitrogens is 2. The van der Waals surface area contributed by atoms with Gasteiger partial charge < -0.3 is 15.1 Å². The van der Waals surface area contributed by atoms with E-state index in [1.165, 1.54) is 0 Å². The van der Waals surface area contributed by atoms with Crippen LogP contribution in [0.5, 0.6) is 0 Å². The number of anilines is 1. The maximum Gasteiger partial charge on any atom is 0.257 e. The molecule has 2 aliphatic rings. The Morgan fingerprint density at radius 2 is 1.64 bits per heavy atom. The highest BCUT2D eigenvalue weighted by Crippen LogP contribution is 2.33. The second-order valence-corrected chi connectivity index (χ2v) is 9.43. The van der Waals surface area contributed by atoms with Crippen molar-refractivity contribution in [1.29, 1.82) is 0 Å². The number of carbonyl (C=O) groups excluding carboxylic acids is 1. The predicted molar refractivity (Wildman–Crippen MR) is 133 cm³/mol. The molecule has 0 unspecified atom stereocenters. The lowest BCUT2D eigenvalue weighted by molar-refractivity contribution is 0.0744. The highest BCUT2D eigenvalue weighted by atomic mass is 35.5. The van der Waals surface area contributed by atoms with E-state index < -0.39 is 0 Å². The van der Waals surface area contributed by atoms with Crippen LogP contribution in [-0.2, 0) is 0 Å². The minimum Gasteiger partial charge on any atom is -0.368 e. The van der Waals surface area contributed by atoms with Crippen molar-refractivity contribution in [3.63, 3.8) is 0 Å². The molecule has 6 nitrogen and oxygen atoms in total. The molecule has 3 aromatic rings. The molecule has 172 valence electrons. The van der Waals surface area contributed by atoms with Gasteiger partial charge in [-0.25, -0.2) is 4.68 Å². The number of piperidine rings is 1. The van der Waals surface area contributed by atoms with Gasteiger partial charge in [-0.3, -0.25) is 4.79 Å². The maximum absolute atomic E-state index is 13.7. The Kier molecular flexibility index (Phi) is 6.58. The minimum absolute atomic E-state index is 0.0533. The first kappa shape index (κ1) is 22.3. The second-order valence-electron chi connectivity index (χ2n) is 8.59. The molecule has 1 aromatic heterocycles. The molecule has 0 saturated carbocycles. The fourth-order valence-electron chi connectivity index (χ4n) is 4.82. The van der Waals surface area contributed by atoms with Crippen LogP contribution < -0.4 is 10.2 Å². The zero-order chi connectivity index (χ0) is 22.8. The van der Waals surface area contributed by atoms with Crippen molar-refractivity contribution >= 4 is 34.8 Å². The van der Waals surface area contributed by atoms with Gasteiger partial charge in [0.15, 0.2) is 0 Å². The van der Waals surface area contributed by atoms with E-state index in [2.05, 4.69) is 15.3 Å². The topological polar surface area (TPSA) is 53.4 Å². The summed E-state index contributed by atoms with van der Waals surface area (Å²) in [7, 11) is 0. The lowest BCUT2D eigenvalue weighted by Crippen LogP contribution is -2.49. The van der Waals surface area contributed by atoms with Crippen molar-refractivity contribution < 1.29 is 4.79 Å². The third-order valence-electron chi connectivity index (χ3n) is 6.60. The maximum atomic E-state index is 13.7. The van der Waals surface area contributed by atoms with Gasteiger partial charge in [0.2, 0.25) is 0 Å². The number of nitrogens with one attached hydrogen (secondary N) is 1. The molecule has 0 atom stereocenters. The van der Waals surface area contributed by atoms with Gasteiger partial charge in [-0.05, 0) is 62.3 Å². The van der Waals surface area contributed by atoms with Crippen LogP contribution in [0, 0.1) is 0 Å². The fraction of sp³-hybridized carbons (Fsp3) is 0.360. The predicted octanol–water partition coefficient (Wildman–Crippen LogP) is 4.61. The molecular formula is C25H27Cl2N5O. The summed E-state index contributed by atoms with van der Waals surface area (Å²) in [6.45, 7) is 4.79. The SMILES string of the molecule is O=C(c1cnn(-c2ccccc2Cl)c1C1CCNCC1)N1CCN(c2ccc(Cl)cc2)CC1. The van der Waals surface area contributed by atoms with Gasteiger partial charge in [0.25, 0.3) is 5.91 Å². The van der Waals surface area contributed by atoms with Gasteiger partial charge in [-0.1, -0.05) is 35.3 Å². The van der Waals surface area contributed by atoms with Crippen molar-refractivity contribution in [2.24, 2.45) is 0 Å². The average molecular weight is 484 g/mol. The van der Waals surface area contributed by atoms with E-state index in [1.807, 2.05) is 58.1 Å². The van der Waals surface area contributed by atoms with Gasteiger partial charge in [-0.2, -0.15) is 5.10 Å². The van der Waals surface area contributed by atoms with Crippen molar-refractivity contribution in [3.05, 3.63) is 76.0 Å². The fourth-order valence-corrected chi connectivity index (χ4v) is 5.16. The summed E-state index contributed by atoms with van der Waals surface area (Å²) in [6, 6.07) is 15.6. The summed E-state index contributed by atoms with van der Waals surface area (Å²) in [5, 5.41) is 9.43. The summed E-state index contributed by atoms with van der Waals surface area (Å²) in [5.41, 5.74) is 3.63. The Bertz CT molecular complexity index is 1120. The molecule has 0 bridgehead atoms. The molecule has 2 aliphatic heterocycles. The monoisotopic (exact) mass is 483 g/mol. The smallest absolute Gasteiger partial charge is 0.257 e. The number of rotatable bonds is 4. The number of para-hydroxylation sites is 1. The second kappa shape index (κ2) is 9.75. The summed E-state index contributed by atoms with van der Waals surface area (Å²) in [4.78, 5) is 17.9. The Morgan fingerprint density at radius 1 is 0.939 bits per heavy atom. The number of amides is 1. The number of benzene rings is 2. The summed E-state index contributed by atoms with van der Waals surface area (Å²) in [5.74, 6) is 0.317. The molecule has 2 fully saturated rings. The van der Waals surface area contributed by atoms with Crippen molar-refractivity contribution in [1.82, 2.24) is 20.0 Å². The van der Waals surface area contributed by atoms with Crippen LogP contribution >= 0.6 is 23.2 Å². The average Bonchev–Trinajstić information content (AvgIpc) is 3.30. The molecule has 5 rings (SSSR count). The van der Waals surface area contributed by atoms with Crippen LogP contribution in [0.4, 0.5) is 5.69 Å². The van der Waals surface area contributed by atoms with Crippen molar-refractivity contribution in [2.75, 3.05) is 44.2 Å². The lowest BCUT2D eigenvalue weighted by atomic mass is 9.91. The molecule has 0 aliphatic carbocycles. The van der Waals surface area contributed by atoms with E-state index in [1.54, 1.807) is 6.20 Å². The molecule has 3 heterocycles. The Morgan fingerprint density at radius 3 is 2.33 bits per heavy atom. The summed E-state index contributed by atoms with van der Waals surface area (Å²) in [6.07, 6.45) is 3.68.